The minimum atomic E-state index is -4.48. The fourth-order valence-electron chi connectivity index (χ4n) is 3.73. The van der Waals surface area contributed by atoms with Crippen molar-refractivity contribution in [3.05, 3.63) is 41.7 Å². The first kappa shape index (κ1) is 21.1. The van der Waals surface area contributed by atoms with Crippen LogP contribution in [-0.4, -0.2) is 56.5 Å². The maximum absolute atomic E-state index is 13.3. The second-order valence-electron chi connectivity index (χ2n) is 7.41. The maximum Gasteiger partial charge on any atom is 0.416 e. The maximum atomic E-state index is 13.3. The molecule has 2 N–H and O–H groups in total. The molecule has 0 saturated carbocycles. The lowest BCUT2D eigenvalue weighted by molar-refractivity contribution is -0.137. The van der Waals surface area contributed by atoms with Crippen LogP contribution in [0.15, 0.2) is 30.5 Å². The third kappa shape index (κ3) is 4.07. The normalized spacial score (nSPS) is 14.9. The van der Waals surface area contributed by atoms with Crippen molar-refractivity contribution in [2.24, 2.45) is 0 Å². The van der Waals surface area contributed by atoms with Gasteiger partial charge in [-0.05, 0) is 36.6 Å². The second-order valence-corrected chi connectivity index (χ2v) is 7.41. The molecule has 3 aromatic rings. The first-order chi connectivity index (χ1) is 14.8. The second kappa shape index (κ2) is 8.18. The number of aromatic nitrogens is 3. The zero-order chi connectivity index (χ0) is 22.2. The summed E-state index contributed by atoms with van der Waals surface area (Å²) >= 11 is 0. The van der Waals surface area contributed by atoms with Crippen LogP contribution >= 0.6 is 0 Å². The van der Waals surface area contributed by atoms with Gasteiger partial charge in [0.2, 0.25) is 5.91 Å². The van der Waals surface area contributed by atoms with Gasteiger partial charge in [-0.25, -0.2) is 9.97 Å². The zero-order valence-electron chi connectivity index (χ0n) is 16.9. The number of aliphatic hydroxyl groups is 1. The van der Waals surface area contributed by atoms with Crippen molar-refractivity contribution in [1.29, 1.82) is 0 Å². The Kier molecular flexibility index (Phi) is 5.57. The number of halogens is 3. The molecule has 7 nitrogen and oxygen atoms in total. The van der Waals surface area contributed by atoms with E-state index < -0.39 is 11.7 Å². The number of fused-ring (bicyclic) bond motifs is 3. The van der Waals surface area contributed by atoms with Gasteiger partial charge in [-0.3, -0.25) is 9.20 Å². The number of amides is 1. The summed E-state index contributed by atoms with van der Waals surface area (Å²) in [4.78, 5) is 22.2. The van der Waals surface area contributed by atoms with Crippen molar-refractivity contribution < 1.29 is 23.1 Å². The summed E-state index contributed by atoms with van der Waals surface area (Å²) in [6.07, 6.45) is 0.235. The van der Waals surface area contributed by atoms with Crippen molar-refractivity contribution in [3.63, 3.8) is 0 Å². The molecule has 0 spiro atoms. The number of carbonyl (C=O) groups excluding carboxylic acids is 1. The number of carbonyl (C=O) groups is 1. The molecule has 0 fully saturated rings. The number of rotatable bonds is 5. The van der Waals surface area contributed by atoms with E-state index >= 15 is 0 Å². The van der Waals surface area contributed by atoms with Crippen molar-refractivity contribution in [1.82, 2.24) is 19.3 Å². The molecule has 164 valence electrons. The van der Waals surface area contributed by atoms with Gasteiger partial charge in [-0.15, -0.1) is 0 Å². The number of nitrogens with zero attached hydrogens (tertiary/aromatic N) is 4. The molecule has 4 rings (SSSR count). The number of hydrogen-bond acceptors (Lipinski definition) is 5. The van der Waals surface area contributed by atoms with E-state index in [1.54, 1.807) is 15.5 Å². The van der Waals surface area contributed by atoms with Crippen molar-refractivity contribution >= 4 is 34.0 Å². The van der Waals surface area contributed by atoms with E-state index in [0.717, 1.165) is 23.4 Å². The average molecular weight is 433 g/mol. The van der Waals surface area contributed by atoms with Crippen LogP contribution in [0.3, 0.4) is 0 Å². The highest BCUT2D eigenvalue weighted by molar-refractivity contribution is 5.86. The van der Waals surface area contributed by atoms with E-state index in [-0.39, 0.29) is 18.0 Å². The van der Waals surface area contributed by atoms with Gasteiger partial charge in [-0.1, -0.05) is 6.08 Å². The van der Waals surface area contributed by atoms with Crippen LogP contribution in [0.5, 0.6) is 0 Å². The van der Waals surface area contributed by atoms with Crippen LogP contribution in [0, 0.1) is 0 Å². The summed E-state index contributed by atoms with van der Waals surface area (Å²) < 4.78 is 41.6. The van der Waals surface area contributed by atoms with Crippen LogP contribution in [0.2, 0.25) is 0 Å². The monoisotopic (exact) mass is 433 g/mol. The Morgan fingerprint density at radius 3 is 2.77 bits per heavy atom. The molecule has 0 unspecified atom stereocenters. The van der Waals surface area contributed by atoms with Crippen LogP contribution in [0.1, 0.15) is 31.0 Å². The molecular weight excluding hydrogens is 411 g/mol. The van der Waals surface area contributed by atoms with Gasteiger partial charge in [-0.2, -0.15) is 13.2 Å². The molecule has 0 atom stereocenters. The largest absolute Gasteiger partial charge is 0.416 e. The van der Waals surface area contributed by atoms with Gasteiger partial charge in [0, 0.05) is 33.2 Å². The summed E-state index contributed by atoms with van der Waals surface area (Å²) in [5, 5.41) is 12.1. The predicted octanol–water partition coefficient (Wildman–Crippen LogP) is 3.33. The number of hydrogen-bond donors (Lipinski definition) is 2. The Morgan fingerprint density at radius 2 is 2.13 bits per heavy atom. The van der Waals surface area contributed by atoms with Crippen LogP contribution in [-0.2, 0) is 11.0 Å². The predicted molar refractivity (Wildman–Crippen MR) is 111 cm³/mol. The number of nitrogens with one attached hydrogen (secondary N) is 1. The van der Waals surface area contributed by atoms with Crippen LogP contribution in [0.4, 0.5) is 19.0 Å². The molecule has 0 bridgehead atoms. The van der Waals surface area contributed by atoms with E-state index in [1.807, 2.05) is 6.08 Å². The van der Waals surface area contributed by atoms with Gasteiger partial charge in [0.1, 0.15) is 0 Å². The summed E-state index contributed by atoms with van der Waals surface area (Å²) in [6.45, 7) is 2.95. The standard InChI is InChI=1S/C21H22F3N5O2/c1-13(31)28-8-5-14(6-9-28)18-12-26-20-19(25-7-2-10-30)27-16-11-15(21(22,23)24)3-4-17(16)29(18)20/h3-5,11-12,30H,2,6-10H2,1H3,(H,25,27). The third-order valence-electron chi connectivity index (χ3n) is 5.36. The first-order valence-electron chi connectivity index (χ1n) is 9.97. The lowest BCUT2D eigenvalue weighted by Gasteiger charge is -2.25. The summed E-state index contributed by atoms with van der Waals surface area (Å²) in [5.41, 5.74) is 2.15. The molecular formula is C21H22F3N5O2. The molecule has 0 saturated heterocycles. The van der Waals surface area contributed by atoms with Gasteiger partial charge in [0.25, 0.3) is 0 Å². The van der Waals surface area contributed by atoms with Crippen molar-refractivity contribution in [2.75, 3.05) is 31.6 Å². The van der Waals surface area contributed by atoms with E-state index in [9.17, 15) is 18.0 Å². The summed E-state index contributed by atoms with van der Waals surface area (Å²) in [5.74, 6) is 0.353. The fourth-order valence-corrected chi connectivity index (χ4v) is 3.73. The SMILES string of the molecule is CC(=O)N1CC=C(c2cnc3c(NCCCO)nc4cc(C(F)(F)F)ccc4n23)CC1. The highest BCUT2D eigenvalue weighted by Gasteiger charge is 2.31. The molecule has 1 aliphatic heterocycles. The Morgan fingerprint density at radius 1 is 1.32 bits per heavy atom. The summed E-state index contributed by atoms with van der Waals surface area (Å²) in [6, 6.07) is 3.48. The fraction of sp³-hybridized carbons (Fsp3) is 0.381. The lowest BCUT2D eigenvalue weighted by atomic mass is 10.0. The molecule has 31 heavy (non-hydrogen) atoms. The highest BCUT2D eigenvalue weighted by atomic mass is 19.4. The molecule has 1 amide bonds. The zero-order valence-corrected chi connectivity index (χ0v) is 16.9. The van der Waals surface area contributed by atoms with Crippen LogP contribution < -0.4 is 5.32 Å². The van der Waals surface area contributed by atoms with Gasteiger partial charge in [0.05, 0.1) is 28.5 Å². The molecule has 3 heterocycles. The van der Waals surface area contributed by atoms with E-state index in [1.165, 1.54) is 13.0 Å². The number of imidazole rings is 1. The number of benzene rings is 1. The van der Waals surface area contributed by atoms with Gasteiger partial charge < -0.3 is 15.3 Å². The topological polar surface area (TPSA) is 82.8 Å². The number of anilines is 1. The summed E-state index contributed by atoms with van der Waals surface area (Å²) in [7, 11) is 0. The Balaban J connectivity index is 1.87. The van der Waals surface area contributed by atoms with Crippen molar-refractivity contribution in [2.45, 2.75) is 25.9 Å². The average Bonchev–Trinajstić information content (AvgIpc) is 3.18. The first-order valence-corrected chi connectivity index (χ1v) is 9.97. The van der Waals surface area contributed by atoms with E-state index in [0.29, 0.717) is 49.5 Å². The molecule has 10 heteroatoms. The van der Waals surface area contributed by atoms with Crippen molar-refractivity contribution in [3.8, 4) is 0 Å². The minimum absolute atomic E-state index is 0.00172. The van der Waals surface area contributed by atoms with Gasteiger partial charge >= 0.3 is 6.18 Å². The Bertz CT molecular complexity index is 1170. The van der Waals surface area contributed by atoms with E-state index in [4.69, 9.17) is 5.11 Å². The molecule has 0 aliphatic carbocycles. The highest BCUT2D eigenvalue weighted by Crippen LogP contribution is 2.34. The molecule has 1 aromatic carbocycles. The smallest absolute Gasteiger partial charge is 0.396 e. The van der Waals surface area contributed by atoms with Crippen LogP contribution in [0.25, 0.3) is 22.3 Å². The number of aliphatic hydroxyl groups excluding tert-OH is 1. The quantitative estimate of drug-likeness (QED) is 0.603. The molecule has 1 aliphatic rings. The molecule has 0 radical (unpaired) electrons. The Hall–Kier alpha value is -3.14. The molecule has 2 aromatic heterocycles. The van der Waals surface area contributed by atoms with Gasteiger partial charge in [0.15, 0.2) is 11.5 Å². The third-order valence-corrected chi connectivity index (χ3v) is 5.36. The minimum Gasteiger partial charge on any atom is -0.396 e. The van der Waals surface area contributed by atoms with E-state index in [2.05, 4.69) is 15.3 Å². The number of alkyl halides is 3. The Labute approximate surface area is 176 Å². The lowest BCUT2D eigenvalue weighted by Crippen LogP contribution is -2.32.